The van der Waals surface area contributed by atoms with Gasteiger partial charge in [-0.05, 0) is 37.6 Å². The highest BCUT2D eigenvalue weighted by molar-refractivity contribution is 7.07. The van der Waals surface area contributed by atoms with Gasteiger partial charge in [0.15, 0.2) is 16.3 Å². The minimum atomic E-state index is -1.01. The van der Waals surface area contributed by atoms with Crippen molar-refractivity contribution >= 4 is 46.4 Å². The van der Waals surface area contributed by atoms with Crippen LogP contribution in [0.15, 0.2) is 63.5 Å². The van der Waals surface area contributed by atoms with Crippen molar-refractivity contribution in [3.05, 3.63) is 84.5 Å². The molecule has 2 aromatic carbocycles. The Kier molecular flexibility index (Phi) is 7.52. The topological polar surface area (TPSA) is 160 Å². The molecule has 216 valence electrons. The zero-order valence-electron chi connectivity index (χ0n) is 23.1. The Hall–Kier alpha value is -5.04. The maximum Gasteiger partial charge on any atom is 0.338 e. The summed E-state index contributed by atoms with van der Waals surface area (Å²) in [6.45, 7) is 4.28. The summed E-state index contributed by atoms with van der Waals surface area (Å²) in [6, 6.07) is 10.5. The third kappa shape index (κ3) is 4.77. The Labute approximate surface area is 242 Å². The van der Waals surface area contributed by atoms with Crippen LogP contribution in [0.1, 0.15) is 37.9 Å². The van der Waals surface area contributed by atoms with Crippen LogP contribution in [-0.4, -0.2) is 48.6 Å². The largest absolute Gasteiger partial charge is 0.493 e. The molecule has 13 heteroatoms. The van der Waals surface area contributed by atoms with Crippen molar-refractivity contribution in [3.8, 4) is 11.5 Å². The van der Waals surface area contributed by atoms with Crippen LogP contribution in [0.4, 0.5) is 5.69 Å². The van der Waals surface area contributed by atoms with Gasteiger partial charge in [-0.3, -0.25) is 28.6 Å². The monoisotopic (exact) mass is 590 g/mol. The molecular formula is C29H26N4O8S. The minimum Gasteiger partial charge on any atom is -0.493 e. The van der Waals surface area contributed by atoms with E-state index in [2.05, 4.69) is 4.99 Å². The molecule has 0 fully saturated rings. The molecule has 2 aliphatic heterocycles. The third-order valence-electron chi connectivity index (χ3n) is 6.71. The zero-order valence-corrected chi connectivity index (χ0v) is 23.9. The van der Waals surface area contributed by atoms with E-state index in [0.29, 0.717) is 22.5 Å². The molecule has 0 spiro atoms. The lowest BCUT2D eigenvalue weighted by Crippen LogP contribution is -2.41. The highest BCUT2D eigenvalue weighted by atomic mass is 32.1. The number of methoxy groups -OCH3 is 1. The van der Waals surface area contributed by atoms with Gasteiger partial charge in [0.05, 0.1) is 42.3 Å². The third-order valence-corrected chi connectivity index (χ3v) is 7.77. The summed E-state index contributed by atoms with van der Waals surface area (Å²) in [7, 11) is 1.40. The van der Waals surface area contributed by atoms with Gasteiger partial charge in [0.25, 0.3) is 11.5 Å². The Morgan fingerprint density at radius 2 is 1.83 bits per heavy atom. The van der Waals surface area contributed by atoms with E-state index in [4.69, 9.17) is 19.9 Å². The first-order chi connectivity index (χ1) is 20.1. The Balaban J connectivity index is 1.79. The number of fused-ring (bicyclic) bond motifs is 2. The van der Waals surface area contributed by atoms with Gasteiger partial charge in [0, 0.05) is 12.5 Å². The number of rotatable bonds is 7. The molecular weight excluding hydrogens is 564 g/mol. The highest BCUT2D eigenvalue weighted by Crippen LogP contribution is 2.37. The van der Waals surface area contributed by atoms with E-state index in [0.717, 1.165) is 11.3 Å². The van der Waals surface area contributed by atoms with Gasteiger partial charge in [-0.15, -0.1) is 0 Å². The lowest BCUT2D eigenvalue weighted by molar-refractivity contribution is -0.139. The predicted molar refractivity (Wildman–Crippen MR) is 152 cm³/mol. The second kappa shape index (κ2) is 11.1. The second-order valence-electron chi connectivity index (χ2n) is 9.38. The molecule has 0 saturated heterocycles. The fourth-order valence-electron chi connectivity index (χ4n) is 5.06. The van der Waals surface area contributed by atoms with Gasteiger partial charge in [-0.2, -0.15) is 0 Å². The molecule has 0 radical (unpaired) electrons. The number of para-hydroxylation sites is 1. The molecule has 1 aromatic heterocycles. The first-order valence-electron chi connectivity index (χ1n) is 12.9. The van der Waals surface area contributed by atoms with Crippen LogP contribution in [0.2, 0.25) is 0 Å². The first-order valence-corrected chi connectivity index (χ1v) is 13.7. The summed E-state index contributed by atoms with van der Waals surface area (Å²) >= 11 is 0.994. The molecule has 3 aromatic rings. The van der Waals surface area contributed by atoms with E-state index in [1.165, 1.54) is 29.6 Å². The van der Waals surface area contributed by atoms with Crippen molar-refractivity contribution in [2.75, 3.05) is 25.2 Å². The fourth-order valence-corrected chi connectivity index (χ4v) is 6.20. The SMILES string of the molecule is CCOC(=O)C1=C(C)N=c2s/c(=C3\C(=O)N(CC(N)=O)c4ccccc43)c(=O)n2[C@H]1c1ccc(OC(C)=O)c(OC)c1. The van der Waals surface area contributed by atoms with Crippen LogP contribution in [0.3, 0.4) is 0 Å². The lowest BCUT2D eigenvalue weighted by Gasteiger charge is -2.25. The number of carbonyl (C=O) groups excluding carboxylic acids is 4. The molecule has 2 aliphatic rings. The van der Waals surface area contributed by atoms with E-state index >= 15 is 0 Å². The molecule has 0 unspecified atom stereocenters. The van der Waals surface area contributed by atoms with Crippen LogP contribution >= 0.6 is 11.3 Å². The summed E-state index contributed by atoms with van der Waals surface area (Å²) in [4.78, 5) is 70.5. The van der Waals surface area contributed by atoms with Crippen molar-refractivity contribution in [3.63, 3.8) is 0 Å². The normalized spacial score (nSPS) is 16.9. The van der Waals surface area contributed by atoms with Gasteiger partial charge in [0.1, 0.15) is 11.1 Å². The number of allylic oxidation sites excluding steroid dienone is 1. The Bertz CT molecular complexity index is 1890. The number of amides is 2. The number of primary amides is 1. The number of thiazole rings is 1. The Morgan fingerprint density at radius 1 is 1.10 bits per heavy atom. The maximum absolute atomic E-state index is 14.2. The average Bonchev–Trinajstić information content (AvgIpc) is 3.40. The van der Waals surface area contributed by atoms with Crippen LogP contribution in [-0.2, 0) is 23.9 Å². The van der Waals surface area contributed by atoms with E-state index in [9.17, 15) is 24.0 Å². The molecule has 2 amide bonds. The highest BCUT2D eigenvalue weighted by Gasteiger charge is 2.38. The number of benzene rings is 2. The van der Waals surface area contributed by atoms with Crippen molar-refractivity contribution < 1.29 is 33.4 Å². The van der Waals surface area contributed by atoms with Crippen molar-refractivity contribution in [2.45, 2.75) is 26.8 Å². The summed E-state index contributed by atoms with van der Waals surface area (Å²) in [5.74, 6) is -2.12. The van der Waals surface area contributed by atoms with Crippen molar-refractivity contribution in [1.29, 1.82) is 0 Å². The maximum atomic E-state index is 14.2. The molecule has 3 heterocycles. The van der Waals surface area contributed by atoms with Gasteiger partial charge in [-0.1, -0.05) is 35.6 Å². The number of aromatic nitrogens is 1. The molecule has 2 N–H and O–H groups in total. The average molecular weight is 591 g/mol. The molecule has 12 nitrogen and oxygen atoms in total. The number of hydrogen-bond acceptors (Lipinski definition) is 10. The summed E-state index contributed by atoms with van der Waals surface area (Å²) in [5, 5.41) is 0. The second-order valence-corrected chi connectivity index (χ2v) is 10.4. The van der Waals surface area contributed by atoms with Gasteiger partial charge in [-0.25, -0.2) is 9.79 Å². The predicted octanol–water partition coefficient (Wildman–Crippen LogP) is 0.934. The fraction of sp³-hybridized carbons (Fsp3) is 0.241. The van der Waals surface area contributed by atoms with Crippen LogP contribution in [0.25, 0.3) is 5.57 Å². The minimum absolute atomic E-state index is 0.0876. The van der Waals surface area contributed by atoms with Gasteiger partial charge >= 0.3 is 11.9 Å². The zero-order chi connectivity index (χ0) is 30.3. The van der Waals surface area contributed by atoms with E-state index < -0.39 is 35.4 Å². The quantitative estimate of drug-likeness (QED) is 0.314. The molecule has 5 rings (SSSR count). The number of carbonyl (C=O) groups is 4. The van der Waals surface area contributed by atoms with E-state index in [1.807, 2.05) is 0 Å². The number of anilines is 1. The molecule has 42 heavy (non-hydrogen) atoms. The van der Waals surface area contributed by atoms with Gasteiger partial charge < -0.3 is 19.9 Å². The number of nitrogens with two attached hydrogens (primary N) is 1. The number of nitrogens with zero attached hydrogens (tertiary/aromatic N) is 3. The summed E-state index contributed by atoms with van der Waals surface area (Å²) in [5.41, 5.74) is 6.76. The van der Waals surface area contributed by atoms with Crippen LogP contribution in [0.5, 0.6) is 11.5 Å². The summed E-state index contributed by atoms with van der Waals surface area (Å²) < 4.78 is 17.4. The van der Waals surface area contributed by atoms with E-state index in [1.54, 1.807) is 50.2 Å². The number of ether oxygens (including phenoxy) is 3. The molecule has 0 bridgehead atoms. The Morgan fingerprint density at radius 3 is 2.50 bits per heavy atom. The standard InChI is InChI=1S/C29H26N4O8S/c1-5-40-28(38)22-14(2)31-29-33(24(22)16-10-11-19(41-15(3)34)20(12-16)39-4)27(37)25(42-29)23-17-8-6-7-9-18(17)32(26(23)36)13-21(30)35/h6-12,24H,5,13H2,1-4H3,(H2,30,35)/b25-23-/t24-/m0/s1. The first kappa shape index (κ1) is 28.5. The van der Waals surface area contributed by atoms with Crippen LogP contribution < -0.4 is 35.0 Å². The molecule has 1 atom stereocenters. The molecule has 0 aliphatic carbocycles. The smallest absolute Gasteiger partial charge is 0.338 e. The summed E-state index contributed by atoms with van der Waals surface area (Å²) in [6.07, 6.45) is 0. The van der Waals surface area contributed by atoms with Crippen LogP contribution in [0, 0.1) is 0 Å². The number of esters is 2. The number of hydrogen-bond donors (Lipinski definition) is 1. The molecule has 0 saturated carbocycles. The van der Waals surface area contributed by atoms with Gasteiger partial charge in [0.2, 0.25) is 5.91 Å². The van der Waals surface area contributed by atoms with Crippen molar-refractivity contribution in [2.24, 2.45) is 10.7 Å². The van der Waals surface area contributed by atoms with Crippen molar-refractivity contribution in [1.82, 2.24) is 4.57 Å². The van der Waals surface area contributed by atoms with E-state index in [-0.39, 0.29) is 45.1 Å². The lowest BCUT2D eigenvalue weighted by atomic mass is 9.95.